The van der Waals surface area contributed by atoms with E-state index in [0.29, 0.717) is 17.5 Å². The summed E-state index contributed by atoms with van der Waals surface area (Å²) in [6.45, 7) is 3.97. The largest absolute Gasteiger partial charge is 0.373 e. The van der Waals surface area contributed by atoms with Crippen molar-refractivity contribution in [3.05, 3.63) is 41.5 Å². The Morgan fingerprint density at radius 2 is 1.90 bits per heavy atom. The number of nitrogens with one attached hydrogen (secondary N) is 2. The number of benzene rings is 1. The number of hydrogen-bond donors (Lipinski definition) is 2. The zero-order chi connectivity index (χ0) is 15.4. The molecule has 2 aromatic rings. The highest BCUT2D eigenvalue weighted by atomic mass is 19.1. The summed E-state index contributed by atoms with van der Waals surface area (Å²) in [6, 6.07) is 7.85. The zero-order valence-corrected chi connectivity index (χ0v) is 12.1. The number of anilines is 3. The lowest BCUT2D eigenvalue weighted by Gasteiger charge is -2.12. The van der Waals surface area contributed by atoms with Crippen molar-refractivity contribution in [3.8, 4) is 6.07 Å². The molecule has 0 radical (unpaired) electrons. The first kappa shape index (κ1) is 14.7. The molecule has 0 unspecified atom stereocenters. The third-order valence-corrected chi connectivity index (χ3v) is 2.88. The van der Waals surface area contributed by atoms with E-state index in [1.165, 1.54) is 12.1 Å². The lowest BCUT2D eigenvalue weighted by Crippen LogP contribution is -2.05. The van der Waals surface area contributed by atoms with Gasteiger partial charge in [-0.25, -0.2) is 14.4 Å². The molecule has 2 rings (SSSR count). The van der Waals surface area contributed by atoms with Crippen LogP contribution in [0.25, 0.3) is 0 Å². The van der Waals surface area contributed by atoms with Crippen LogP contribution in [0.3, 0.4) is 0 Å². The molecule has 21 heavy (non-hydrogen) atoms. The monoisotopic (exact) mass is 285 g/mol. The van der Waals surface area contributed by atoms with Crippen molar-refractivity contribution in [1.29, 1.82) is 5.26 Å². The molecule has 0 bridgehead atoms. The van der Waals surface area contributed by atoms with Gasteiger partial charge in [0.05, 0.1) is 17.3 Å². The first-order valence-electron chi connectivity index (χ1n) is 6.57. The third-order valence-electron chi connectivity index (χ3n) is 2.88. The van der Waals surface area contributed by atoms with Crippen molar-refractivity contribution < 1.29 is 4.39 Å². The molecule has 0 fully saturated rings. The maximum absolute atomic E-state index is 13.9. The molecule has 0 atom stereocenters. The molecule has 0 saturated carbocycles. The number of nitrogens with zero attached hydrogens (tertiary/aromatic N) is 3. The predicted molar refractivity (Wildman–Crippen MR) is 80.1 cm³/mol. The number of hydrogen-bond acceptors (Lipinski definition) is 5. The Hall–Kier alpha value is -2.68. The van der Waals surface area contributed by atoms with Crippen molar-refractivity contribution in [2.45, 2.75) is 19.8 Å². The van der Waals surface area contributed by atoms with Crippen molar-refractivity contribution >= 4 is 17.3 Å². The molecule has 2 N–H and O–H groups in total. The second-order valence-electron chi connectivity index (χ2n) is 4.83. The Morgan fingerprint density at radius 1 is 1.19 bits per heavy atom. The topological polar surface area (TPSA) is 73.6 Å². The van der Waals surface area contributed by atoms with E-state index in [2.05, 4.69) is 20.6 Å². The van der Waals surface area contributed by atoms with E-state index in [1.54, 1.807) is 19.2 Å². The van der Waals surface area contributed by atoms with Gasteiger partial charge in [-0.3, -0.25) is 0 Å². The van der Waals surface area contributed by atoms with Crippen LogP contribution < -0.4 is 10.6 Å². The summed E-state index contributed by atoms with van der Waals surface area (Å²) >= 11 is 0. The quantitative estimate of drug-likeness (QED) is 0.900. The van der Waals surface area contributed by atoms with Crippen LogP contribution >= 0.6 is 0 Å². The summed E-state index contributed by atoms with van der Waals surface area (Å²) in [7, 11) is 1.76. The maximum atomic E-state index is 13.9. The molecule has 0 aliphatic rings. The normalized spacial score (nSPS) is 10.3. The first-order chi connectivity index (χ1) is 10.0. The van der Waals surface area contributed by atoms with Gasteiger partial charge < -0.3 is 10.6 Å². The number of aromatic nitrogens is 2. The van der Waals surface area contributed by atoms with Crippen LogP contribution in [0.4, 0.5) is 21.7 Å². The lowest BCUT2D eigenvalue weighted by molar-refractivity contribution is 0.631. The average Bonchev–Trinajstić information content (AvgIpc) is 2.48. The summed E-state index contributed by atoms with van der Waals surface area (Å²) < 4.78 is 13.9. The van der Waals surface area contributed by atoms with Crippen LogP contribution in [0.15, 0.2) is 24.3 Å². The molecule has 0 aliphatic heterocycles. The van der Waals surface area contributed by atoms with Gasteiger partial charge in [0.2, 0.25) is 0 Å². The van der Waals surface area contributed by atoms with Gasteiger partial charge in [0.1, 0.15) is 23.3 Å². The summed E-state index contributed by atoms with van der Waals surface area (Å²) in [5.74, 6) is 1.49. The van der Waals surface area contributed by atoms with Crippen molar-refractivity contribution in [2.24, 2.45) is 0 Å². The highest BCUT2D eigenvalue weighted by Gasteiger charge is 2.10. The van der Waals surface area contributed by atoms with Gasteiger partial charge in [0, 0.05) is 19.0 Å². The molecule has 1 heterocycles. The molecular weight excluding hydrogens is 269 g/mol. The molecule has 1 aromatic carbocycles. The molecule has 5 nitrogen and oxygen atoms in total. The molecular formula is C15H16FN5. The lowest BCUT2D eigenvalue weighted by atomic mass is 10.2. The molecule has 0 spiro atoms. The Balaban J connectivity index is 2.35. The van der Waals surface area contributed by atoms with Gasteiger partial charge in [-0.05, 0) is 18.2 Å². The summed E-state index contributed by atoms with van der Waals surface area (Å²) in [5.41, 5.74) is 0.545. The Kier molecular flexibility index (Phi) is 4.33. The molecule has 0 aliphatic carbocycles. The van der Waals surface area contributed by atoms with E-state index in [4.69, 9.17) is 5.26 Å². The van der Waals surface area contributed by atoms with E-state index in [9.17, 15) is 4.39 Å². The second kappa shape index (κ2) is 6.18. The standard InChI is InChI=1S/C15H16FN5/c1-9(2)15-20-13(18-3)7-14(21-15)19-12-5-4-10(8-17)6-11(12)16/h4-7,9H,1-3H3,(H2,18,19,20,21). The van der Waals surface area contributed by atoms with E-state index >= 15 is 0 Å². The molecule has 6 heteroatoms. The van der Waals surface area contributed by atoms with Crippen molar-refractivity contribution in [3.63, 3.8) is 0 Å². The van der Waals surface area contributed by atoms with Crippen LogP contribution in [-0.4, -0.2) is 17.0 Å². The van der Waals surface area contributed by atoms with Crippen LogP contribution in [0.2, 0.25) is 0 Å². The van der Waals surface area contributed by atoms with E-state index in [0.717, 1.165) is 0 Å². The number of rotatable bonds is 4. The van der Waals surface area contributed by atoms with Crippen molar-refractivity contribution in [2.75, 3.05) is 17.7 Å². The fraction of sp³-hybridized carbons (Fsp3) is 0.267. The summed E-state index contributed by atoms with van der Waals surface area (Å²) in [5, 5.41) is 14.6. The highest BCUT2D eigenvalue weighted by Crippen LogP contribution is 2.22. The Labute approximate surface area is 122 Å². The molecule has 1 aromatic heterocycles. The van der Waals surface area contributed by atoms with Gasteiger partial charge in [-0.1, -0.05) is 13.8 Å². The van der Waals surface area contributed by atoms with Crippen LogP contribution in [0, 0.1) is 17.1 Å². The Bertz CT molecular complexity index is 691. The van der Waals surface area contributed by atoms with Gasteiger partial charge >= 0.3 is 0 Å². The minimum absolute atomic E-state index is 0.157. The Morgan fingerprint density at radius 3 is 2.48 bits per heavy atom. The highest BCUT2D eigenvalue weighted by molar-refractivity contribution is 5.60. The SMILES string of the molecule is CNc1cc(Nc2ccc(C#N)cc2F)nc(C(C)C)n1. The fourth-order valence-electron chi connectivity index (χ4n) is 1.74. The number of halogens is 1. The average molecular weight is 285 g/mol. The summed E-state index contributed by atoms with van der Waals surface area (Å²) in [4.78, 5) is 8.71. The zero-order valence-electron chi connectivity index (χ0n) is 12.1. The fourth-order valence-corrected chi connectivity index (χ4v) is 1.74. The van der Waals surface area contributed by atoms with E-state index < -0.39 is 5.82 Å². The molecule has 0 saturated heterocycles. The van der Waals surface area contributed by atoms with Crippen molar-refractivity contribution in [1.82, 2.24) is 9.97 Å². The predicted octanol–water partition coefficient (Wildman–Crippen LogP) is 3.40. The van der Waals surface area contributed by atoms with Gasteiger partial charge in [0.15, 0.2) is 0 Å². The smallest absolute Gasteiger partial charge is 0.147 e. The minimum Gasteiger partial charge on any atom is -0.373 e. The maximum Gasteiger partial charge on any atom is 0.147 e. The van der Waals surface area contributed by atoms with E-state index in [1.807, 2.05) is 19.9 Å². The first-order valence-corrected chi connectivity index (χ1v) is 6.57. The molecule has 0 amide bonds. The molecule has 108 valence electrons. The van der Waals surface area contributed by atoms with Crippen LogP contribution in [-0.2, 0) is 0 Å². The second-order valence-corrected chi connectivity index (χ2v) is 4.83. The van der Waals surface area contributed by atoms with E-state index in [-0.39, 0.29) is 17.2 Å². The summed E-state index contributed by atoms with van der Waals surface area (Å²) in [6.07, 6.45) is 0. The van der Waals surface area contributed by atoms with Crippen LogP contribution in [0.1, 0.15) is 31.2 Å². The minimum atomic E-state index is -0.496. The van der Waals surface area contributed by atoms with Gasteiger partial charge in [-0.2, -0.15) is 5.26 Å². The van der Waals surface area contributed by atoms with Gasteiger partial charge in [-0.15, -0.1) is 0 Å². The number of nitriles is 1. The van der Waals surface area contributed by atoms with Crippen LogP contribution in [0.5, 0.6) is 0 Å². The third kappa shape index (κ3) is 3.45. The van der Waals surface area contributed by atoms with Gasteiger partial charge in [0.25, 0.3) is 0 Å².